The van der Waals surface area contributed by atoms with E-state index in [4.69, 9.17) is 23.7 Å². The van der Waals surface area contributed by atoms with Gasteiger partial charge in [0.2, 0.25) is 5.75 Å². The van der Waals surface area contributed by atoms with E-state index in [9.17, 15) is 9.90 Å². The lowest BCUT2D eigenvalue weighted by atomic mass is 10.0. The number of carbonyl (C=O) groups excluding carboxylic acids is 1. The molecular formula is C21H21NO7. The summed E-state index contributed by atoms with van der Waals surface area (Å²) >= 11 is 0. The Hall–Kier alpha value is -3.55. The van der Waals surface area contributed by atoms with Crippen LogP contribution in [0.4, 0.5) is 0 Å². The van der Waals surface area contributed by atoms with E-state index in [2.05, 4.69) is 0 Å². The number of nitrogens with zero attached hydrogens (tertiary/aromatic N) is 1. The molecule has 2 aliphatic rings. The summed E-state index contributed by atoms with van der Waals surface area (Å²) in [6.07, 6.45) is 0. The third-order valence-electron chi connectivity index (χ3n) is 5.02. The minimum atomic E-state index is -0.165. The molecule has 2 aromatic rings. The zero-order chi connectivity index (χ0) is 20.7. The average Bonchev–Trinajstić information content (AvgIpc) is 3.03. The van der Waals surface area contributed by atoms with Crippen LogP contribution in [0.5, 0.6) is 28.7 Å². The first kappa shape index (κ1) is 18.8. The van der Waals surface area contributed by atoms with Crippen molar-refractivity contribution >= 4 is 17.4 Å². The van der Waals surface area contributed by atoms with Crippen LogP contribution in [0.25, 0.3) is 11.5 Å². The molecule has 0 unspecified atom stereocenters. The smallest absolute Gasteiger partial charge is 0.259 e. The van der Waals surface area contributed by atoms with Gasteiger partial charge in [-0.25, -0.2) is 0 Å². The van der Waals surface area contributed by atoms with Gasteiger partial charge in [0.25, 0.3) is 5.91 Å². The van der Waals surface area contributed by atoms with E-state index >= 15 is 0 Å². The Balaban J connectivity index is 1.96. The van der Waals surface area contributed by atoms with Crippen LogP contribution in [0.3, 0.4) is 0 Å². The quantitative estimate of drug-likeness (QED) is 0.827. The number of ether oxygens (including phenoxy) is 5. The summed E-state index contributed by atoms with van der Waals surface area (Å²) in [4.78, 5) is 14.6. The minimum Gasteiger partial charge on any atom is -0.504 e. The number of amides is 1. The molecule has 0 bridgehead atoms. The summed E-state index contributed by atoms with van der Waals surface area (Å²) in [6, 6.07) is 6.59. The van der Waals surface area contributed by atoms with Crippen LogP contribution in [0.2, 0.25) is 0 Å². The highest BCUT2D eigenvalue weighted by molar-refractivity contribution is 6.14. The number of carbonyl (C=O) groups is 1. The molecule has 2 aromatic carbocycles. The van der Waals surface area contributed by atoms with Crippen molar-refractivity contribution in [2.45, 2.75) is 0 Å². The van der Waals surface area contributed by atoms with E-state index < -0.39 is 0 Å². The van der Waals surface area contributed by atoms with Gasteiger partial charge in [0.15, 0.2) is 28.8 Å². The number of phenols is 1. The van der Waals surface area contributed by atoms with Gasteiger partial charge in [-0.05, 0) is 24.3 Å². The van der Waals surface area contributed by atoms with Gasteiger partial charge in [0.1, 0.15) is 6.61 Å². The minimum absolute atomic E-state index is 0.0526. The molecule has 1 N–H and O–H groups in total. The molecular weight excluding hydrogens is 378 g/mol. The molecule has 8 nitrogen and oxygen atoms in total. The van der Waals surface area contributed by atoms with Crippen molar-refractivity contribution in [3.8, 4) is 28.7 Å². The van der Waals surface area contributed by atoms with Crippen LogP contribution in [0.1, 0.15) is 21.5 Å². The van der Waals surface area contributed by atoms with Crippen LogP contribution in [-0.4, -0.2) is 57.5 Å². The van der Waals surface area contributed by atoms with Crippen LogP contribution >= 0.6 is 0 Å². The van der Waals surface area contributed by atoms with Gasteiger partial charge in [-0.3, -0.25) is 4.79 Å². The molecule has 0 aliphatic carbocycles. The van der Waals surface area contributed by atoms with Crippen LogP contribution in [0.15, 0.2) is 24.3 Å². The van der Waals surface area contributed by atoms with Gasteiger partial charge in [-0.1, -0.05) is 0 Å². The van der Waals surface area contributed by atoms with Gasteiger partial charge in [-0.15, -0.1) is 0 Å². The van der Waals surface area contributed by atoms with E-state index in [1.165, 1.54) is 34.5 Å². The third-order valence-corrected chi connectivity index (χ3v) is 5.02. The predicted molar refractivity (Wildman–Crippen MR) is 105 cm³/mol. The number of fused-ring (bicyclic) bond motifs is 3. The fraction of sp³-hybridized carbons (Fsp3) is 0.286. The maximum atomic E-state index is 13.0. The Morgan fingerprint density at radius 1 is 0.897 bits per heavy atom. The van der Waals surface area contributed by atoms with Crippen molar-refractivity contribution in [2.24, 2.45) is 0 Å². The van der Waals surface area contributed by atoms with Gasteiger partial charge >= 0.3 is 0 Å². The number of aromatic hydroxyl groups is 1. The second-order valence-electron chi connectivity index (χ2n) is 6.47. The normalized spacial score (nSPS) is 14.9. The lowest BCUT2D eigenvalue weighted by Crippen LogP contribution is -2.31. The molecule has 8 heteroatoms. The SMILES string of the molecule is COc1cc2c(cc1O)C1=C(c3cc(OC)c(OC)c(OC)c3)OCCN1C2=O. The molecule has 1 amide bonds. The molecule has 4 rings (SSSR count). The van der Waals surface area contributed by atoms with E-state index in [0.717, 1.165) is 0 Å². The number of benzene rings is 2. The molecule has 0 radical (unpaired) electrons. The molecule has 2 aliphatic heterocycles. The zero-order valence-corrected chi connectivity index (χ0v) is 16.6. The Labute approximate surface area is 167 Å². The van der Waals surface area contributed by atoms with Gasteiger partial charge in [0, 0.05) is 11.1 Å². The van der Waals surface area contributed by atoms with E-state index in [1.807, 2.05) is 0 Å². The molecule has 152 valence electrons. The summed E-state index contributed by atoms with van der Waals surface area (Å²) in [5.41, 5.74) is 2.28. The first-order valence-electron chi connectivity index (χ1n) is 8.94. The highest BCUT2D eigenvalue weighted by atomic mass is 16.5. The first-order chi connectivity index (χ1) is 14.0. The fourth-order valence-corrected chi connectivity index (χ4v) is 3.69. The second kappa shape index (κ2) is 7.12. The Morgan fingerprint density at radius 3 is 2.14 bits per heavy atom. The number of phenolic OH excluding ortho intramolecular Hbond substituents is 1. The van der Waals surface area contributed by atoms with Crippen LogP contribution < -0.4 is 18.9 Å². The Bertz CT molecular complexity index is 1000. The van der Waals surface area contributed by atoms with Crippen molar-refractivity contribution in [1.82, 2.24) is 4.90 Å². The van der Waals surface area contributed by atoms with Crippen LogP contribution in [-0.2, 0) is 4.74 Å². The van der Waals surface area contributed by atoms with E-state index in [1.54, 1.807) is 23.1 Å². The molecule has 29 heavy (non-hydrogen) atoms. The summed E-state index contributed by atoms with van der Waals surface area (Å²) < 4.78 is 27.4. The first-order valence-corrected chi connectivity index (χ1v) is 8.94. The standard InChI is InChI=1S/C21H21NO7/c1-25-15-10-13-12(9-14(15)23)18-19(29-6-5-22(18)21(13)24)11-7-16(26-2)20(28-4)17(8-11)27-3/h7-10,23H,5-6H2,1-4H3. The monoisotopic (exact) mass is 399 g/mol. The highest BCUT2D eigenvalue weighted by Crippen LogP contribution is 2.47. The molecule has 0 aromatic heterocycles. The summed E-state index contributed by atoms with van der Waals surface area (Å²) in [5.74, 6) is 1.92. The summed E-state index contributed by atoms with van der Waals surface area (Å²) in [7, 11) is 6.04. The number of hydrogen-bond acceptors (Lipinski definition) is 7. The zero-order valence-electron chi connectivity index (χ0n) is 16.6. The van der Waals surface area contributed by atoms with Gasteiger partial charge in [-0.2, -0.15) is 0 Å². The third kappa shape index (κ3) is 2.79. The van der Waals surface area contributed by atoms with E-state index in [0.29, 0.717) is 58.5 Å². The molecule has 0 saturated carbocycles. The lowest BCUT2D eigenvalue weighted by Gasteiger charge is -2.28. The van der Waals surface area contributed by atoms with Crippen molar-refractivity contribution in [2.75, 3.05) is 41.6 Å². The van der Waals surface area contributed by atoms with Crippen molar-refractivity contribution < 1.29 is 33.6 Å². The topological polar surface area (TPSA) is 86.7 Å². The largest absolute Gasteiger partial charge is 0.504 e. The average molecular weight is 399 g/mol. The van der Waals surface area contributed by atoms with Gasteiger partial charge in [0.05, 0.1) is 46.2 Å². The second-order valence-corrected chi connectivity index (χ2v) is 6.47. The highest BCUT2D eigenvalue weighted by Gasteiger charge is 2.39. The Morgan fingerprint density at radius 2 is 1.55 bits per heavy atom. The number of hydrogen-bond donors (Lipinski definition) is 1. The number of rotatable bonds is 5. The summed E-state index contributed by atoms with van der Waals surface area (Å²) in [6.45, 7) is 0.734. The van der Waals surface area contributed by atoms with E-state index in [-0.39, 0.29) is 17.4 Å². The maximum Gasteiger partial charge on any atom is 0.259 e. The summed E-state index contributed by atoms with van der Waals surface area (Å²) in [5, 5.41) is 10.3. The predicted octanol–water partition coefficient (Wildman–Crippen LogP) is 2.74. The van der Waals surface area contributed by atoms with Crippen molar-refractivity contribution in [3.05, 3.63) is 41.0 Å². The molecule has 0 fully saturated rings. The van der Waals surface area contributed by atoms with Crippen molar-refractivity contribution in [3.63, 3.8) is 0 Å². The maximum absolute atomic E-state index is 13.0. The van der Waals surface area contributed by atoms with Crippen molar-refractivity contribution in [1.29, 1.82) is 0 Å². The molecule has 0 spiro atoms. The van der Waals surface area contributed by atoms with Crippen LogP contribution in [0, 0.1) is 0 Å². The lowest BCUT2D eigenvalue weighted by molar-refractivity contribution is 0.0808. The number of methoxy groups -OCH3 is 4. The molecule has 2 heterocycles. The fourth-order valence-electron chi connectivity index (χ4n) is 3.69. The Kier molecular flexibility index (Phi) is 4.62. The molecule has 0 atom stereocenters. The van der Waals surface area contributed by atoms with Gasteiger partial charge < -0.3 is 33.7 Å². The molecule has 0 saturated heterocycles.